The van der Waals surface area contributed by atoms with Gasteiger partial charge in [0.2, 0.25) is 0 Å². The number of epoxide rings is 1. The number of hydrogen-bond acceptors (Lipinski definition) is 4. The standard InChI is InChI=1S/C14H18O4/c1-4-9-8-10(6-7-11(9)16-3)12-13(18-12)14(15)17-5-2/h6-8,12-13H,4-5H2,1-3H3. The number of methoxy groups -OCH3 is 1. The molecule has 1 heterocycles. The first-order chi connectivity index (χ1) is 8.71. The van der Waals surface area contributed by atoms with Crippen molar-refractivity contribution in [1.29, 1.82) is 0 Å². The molecule has 1 aromatic rings. The smallest absolute Gasteiger partial charge is 0.338 e. The Morgan fingerprint density at radius 3 is 2.78 bits per heavy atom. The van der Waals surface area contributed by atoms with Gasteiger partial charge in [-0.25, -0.2) is 4.79 Å². The zero-order valence-electron chi connectivity index (χ0n) is 10.9. The van der Waals surface area contributed by atoms with Crippen LogP contribution in [0.15, 0.2) is 18.2 Å². The highest BCUT2D eigenvalue weighted by molar-refractivity contribution is 5.78. The Kier molecular flexibility index (Phi) is 3.87. The zero-order chi connectivity index (χ0) is 13.1. The highest BCUT2D eigenvalue weighted by Gasteiger charge is 2.47. The lowest BCUT2D eigenvalue weighted by Crippen LogP contribution is -2.11. The van der Waals surface area contributed by atoms with Gasteiger partial charge >= 0.3 is 5.97 Å². The van der Waals surface area contributed by atoms with Crippen molar-refractivity contribution < 1.29 is 19.0 Å². The van der Waals surface area contributed by atoms with Gasteiger partial charge in [0.25, 0.3) is 0 Å². The maximum absolute atomic E-state index is 11.5. The summed E-state index contributed by atoms with van der Waals surface area (Å²) in [5.41, 5.74) is 2.12. The normalized spacial score (nSPS) is 21.5. The Labute approximate surface area is 107 Å². The van der Waals surface area contributed by atoms with Crippen LogP contribution in [0.5, 0.6) is 5.75 Å². The molecule has 4 heteroatoms. The molecular formula is C14H18O4. The molecule has 1 aromatic carbocycles. The van der Waals surface area contributed by atoms with Gasteiger partial charge in [-0.05, 0) is 36.6 Å². The Morgan fingerprint density at radius 1 is 1.39 bits per heavy atom. The van der Waals surface area contributed by atoms with Gasteiger partial charge in [-0.3, -0.25) is 0 Å². The molecule has 2 rings (SSSR count). The maximum atomic E-state index is 11.5. The van der Waals surface area contributed by atoms with Gasteiger partial charge in [0.15, 0.2) is 6.10 Å². The molecule has 1 aliphatic heterocycles. The third kappa shape index (κ3) is 2.48. The van der Waals surface area contributed by atoms with Crippen LogP contribution >= 0.6 is 0 Å². The lowest BCUT2D eigenvalue weighted by Gasteiger charge is -2.07. The molecule has 0 aliphatic carbocycles. The molecule has 0 bridgehead atoms. The van der Waals surface area contributed by atoms with Crippen molar-refractivity contribution in [3.05, 3.63) is 29.3 Å². The van der Waals surface area contributed by atoms with Gasteiger partial charge < -0.3 is 14.2 Å². The summed E-state index contributed by atoms with van der Waals surface area (Å²) in [5.74, 6) is 0.589. The molecule has 2 atom stereocenters. The van der Waals surface area contributed by atoms with E-state index in [1.807, 2.05) is 18.2 Å². The zero-order valence-corrected chi connectivity index (χ0v) is 10.9. The van der Waals surface area contributed by atoms with Gasteiger partial charge in [-0.1, -0.05) is 13.0 Å². The third-order valence-electron chi connectivity index (χ3n) is 3.02. The predicted octanol–water partition coefficient (Wildman–Crippen LogP) is 2.26. The van der Waals surface area contributed by atoms with Crippen LogP contribution < -0.4 is 4.74 Å². The summed E-state index contributed by atoms with van der Waals surface area (Å²) in [7, 11) is 1.66. The van der Waals surface area contributed by atoms with E-state index in [2.05, 4.69) is 6.92 Å². The number of rotatable bonds is 5. The summed E-state index contributed by atoms with van der Waals surface area (Å²) in [6.07, 6.45) is 0.275. The molecule has 1 saturated heterocycles. The van der Waals surface area contributed by atoms with Crippen molar-refractivity contribution in [3.63, 3.8) is 0 Å². The number of carbonyl (C=O) groups excluding carboxylic acids is 1. The number of hydrogen-bond donors (Lipinski definition) is 0. The maximum Gasteiger partial charge on any atom is 0.338 e. The van der Waals surface area contributed by atoms with E-state index in [4.69, 9.17) is 14.2 Å². The van der Waals surface area contributed by atoms with Crippen LogP contribution in [-0.2, 0) is 20.7 Å². The molecule has 0 radical (unpaired) electrons. The summed E-state index contributed by atoms with van der Waals surface area (Å²) in [6.45, 7) is 4.24. The van der Waals surface area contributed by atoms with Crippen molar-refractivity contribution >= 4 is 5.97 Å². The van der Waals surface area contributed by atoms with E-state index in [0.717, 1.165) is 23.3 Å². The van der Waals surface area contributed by atoms with E-state index in [1.54, 1.807) is 14.0 Å². The van der Waals surface area contributed by atoms with Crippen molar-refractivity contribution in [1.82, 2.24) is 0 Å². The van der Waals surface area contributed by atoms with Gasteiger partial charge in [-0.15, -0.1) is 0 Å². The van der Waals surface area contributed by atoms with Crippen LogP contribution in [-0.4, -0.2) is 25.8 Å². The Balaban J connectivity index is 2.10. The molecule has 18 heavy (non-hydrogen) atoms. The lowest BCUT2D eigenvalue weighted by molar-refractivity contribution is -0.144. The minimum absolute atomic E-state index is 0.166. The molecule has 2 unspecified atom stereocenters. The minimum Gasteiger partial charge on any atom is -0.496 e. The molecular weight excluding hydrogens is 232 g/mol. The van der Waals surface area contributed by atoms with Gasteiger partial charge in [-0.2, -0.15) is 0 Å². The van der Waals surface area contributed by atoms with Gasteiger partial charge in [0.05, 0.1) is 13.7 Å². The second kappa shape index (κ2) is 5.40. The third-order valence-corrected chi connectivity index (χ3v) is 3.02. The Hall–Kier alpha value is -1.55. The fraction of sp³-hybridized carbons (Fsp3) is 0.500. The summed E-state index contributed by atoms with van der Waals surface area (Å²) < 4.78 is 15.6. The quantitative estimate of drug-likeness (QED) is 0.594. The Bertz CT molecular complexity index is 441. The second-order valence-electron chi connectivity index (χ2n) is 4.15. The number of aryl methyl sites for hydroxylation is 1. The van der Waals surface area contributed by atoms with Crippen LogP contribution in [0.25, 0.3) is 0 Å². The van der Waals surface area contributed by atoms with Crippen molar-refractivity contribution in [2.45, 2.75) is 32.5 Å². The first-order valence-electron chi connectivity index (χ1n) is 6.20. The van der Waals surface area contributed by atoms with E-state index in [1.165, 1.54) is 0 Å². The molecule has 0 N–H and O–H groups in total. The van der Waals surface area contributed by atoms with E-state index >= 15 is 0 Å². The van der Waals surface area contributed by atoms with Gasteiger partial charge in [0.1, 0.15) is 11.9 Å². The van der Waals surface area contributed by atoms with Crippen LogP contribution in [0, 0.1) is 0 Å². The minimum atomic E-state index is -0.442. The second-order valence-corrected chi connectivity index (χ2v) is 4.15. The van der Waals surface area contributed by atoms with Gasteiger partial charge in [0, 0.05) is 0 Å². The lowest BCUT2D eigenvalue weighted by atomic mass is 10.0. The SMILES string of the molecule is CCOC(=O)C1OC1c1ccc(OC)c(CC)c1. The number of esters is 1. The summed E-state index contributed by atoms with van der Waals surface area (Å²) in [6, 6.07) is 5.88. The van der Waals surface area contributed by atoms with E-state index in [9.17, 15) is 4.79 Å². The first kappa shape index (κ1) is 12.9. The molecule has 4 nitrogen and oxygen atoms in total. The fourth-order valence-electron chi connectivity index (χ4n) is 2.02. The largest absolute Gasteiger partial charge is 0.496 e. The average Bonchev–Trinajstić information content (AvgIpc) is 3.18. The predicted molar refractivity (Wildman–Crippen MR) is 66.6 cm³/mol. The van der Waals surface area contributed by atoms with Crippen molar-refractivity contribution in [3.8, 4) is 5.75 Å². The highest BCUT2D eigenvalue weighted by Crippen LogP contribution is 2.40. The summed E-state index contributed by atoms with van der Waals surface area (Å²) >= 11 is 0. The average molecular weight is 250 g/mol. The summed E-state index contributed by atoms with van der Waals surface area (Å²) in [4.78, 5) is 11.5. The van der Waals surface area contributed by atoms with Crippen LogP contribution in [0.3, 0.4) is 0 Å². The monoisotopic (exact) mass is 250 g/mol. The molecule has 0 amide bonds. The van der Waals surface area contributed by atoms with Crippen LogP contribution in [0.1, 0.15) is 31.1 Å². The molecule has 1 aliphatic rings. The van der Waals surface area contributed by atoms with E-state index < -0.39 is 6.10 Å². The van der Waals surface area contributed by atoms with Crippen molar-refractivity contribution in [2.24, 2.45) is 0 Å². The van der Waals surface area contributed by atoms with Crippen LogP contribution in [0.2, 0.25) is 0 Å². The van der Waals surface area contributed by atoms with E-state index in [0.29, 0.717) is 6.61 Å². The first-order valence-corrected chi connectivity index (χ1v) is 6.20. The number of benzene rings is 1. The number of ether oxygens (including phenoxy) is 3. The van der Waals surface area contributed by atoms with Crippen molar-refractivity contribution in [2.75, 3.05) is 13.7 Å². The molecule has 0 aromatic heterocycles. The fourth-order valence-corrected chi connectivity index (χ4v) is 2.02. The van der Waals surface area contributed by atoms with E-state index in [-0.39, 0.29) is 12.1 Å². The highest BCUT2D eigenvalue weighted by atomic mass is 16.6. The van der Waals surface area contributed by atoms with Crippen LogP contribution in [0.4, 0.5) is 0 Å². The topological polar surface area (TPSA) is 48.1 Å². The Morgan fingerprint density at radius 2 is 2.17 bits per heavy atom. The molecule has 1 fully saturated rings. The molecule has 0 spiro atoms. The molecule has 0 saturated carbocycles. The molecule has 98 valence electrons. The summed E-state index contributed by atoms with van der Waals surface area (Å²) in [5, 5.41) is 0. The number of carbonyl (C=O) groups is 1.